The second kappa shape index (κ2) is 3.79. The van der Waals surface area contributed by atoms with Crippen LogP contribution < -0.4 is 10.6 Å². The zero-order valence-electron chi connectivity index (χ0n) is 8.33. The van der Waals surface area contributed by atoms with E-state index < -0.39 is 0 Å². The molecule has 1 heterocycles. The lowest BCUT2D eigenvalue weighted by molar-refractivity contribution is 0.752. The zero-order valence-corrected chi connectivity index (χ0v) is 9.09. The molecular formula is C11H15ClN2. The van der Waals surface area contributed by atoms with Gasteiger partial charge in [0.15, 0.2) is 0 Å². The molecule has 14 heavy (non-hydrogen) atoms. The molecule has 1 saturated heterocycles. The molecule has 1 aromatic rings. The molecule has 1 fully saturated rings. The fourth-order valence-corrected chi connectivity index (χ4v) is 2.21. The van der Waals surface area contributed by atoms with Crippen LogP contribution in [0.5, 0.6) is 0 Å². The molecule has 0 spiro atoms. The first-order valence-electron chi connectivity index (χ1n) is 4.93. The van der Waals surface area contributed by atoms with Gasteiger partial charge in [-0.25, -0.2) is 0 Å². The lowest BCUT2D eigenvalue weighted by atomic mass is 10.2. The lowest BCUT2D eigenvalue weighted by Gasteiger charge is -2.20. The average Bonchev–Trinajstić information content (AvgIpc) is 2.51. The van der Waals surface area contributed by atoms with E-state index in [2.05, 4.69) is 17.9 Å². The molecular weight excluding hydrogens is 196 g/mol. The van der Waals surface area contributed by atoms with Gasteiger partial charge in [-0.3, -0.25) is 0 Å². The highest BCUT2D eigenvalue weighted by Crippen LogP contribution is 2.26. The highest BCUT2D eigenvalue weighted by molar-refractivity contribution is 6.30. The summed E-state index contributed by atoms with van der Waals surface area (Å²) in [7, 11) is 0. The van der Waals surface area contributed by atoms with E-state index in [0.29, 0.717) is 6.04 Å². The first-order valence-corrected chi connectivity index (χ1v) is 5.31. The monoisotopic (exact) mass is 210 g/mol. The number of rotatable bonds is 1. The SMILES string of the molecule is Cc1cc(Cl)ccc1N1CCC(N)C1. The predicted molar refractivity (Wildman–Crippen MR) is 61.0 cm³/mol. The van der Waals surface area contributed by atoms with Gasteiger partial charge in [-0.2, -0.15) is 0 Å². The van der Waals surface area contributed by atoms with Crippen molar-refractivity contribution in [2.24, 2.45) is 5.73 Å². The molecule has 1 unspecified atom stereocenters. The Bertz CT molecular complexity index is 338. The fraction of sp³-hybridized carbons (Fsp3) is 0.455. The summed E-state index contributed by atoms with van der Waals surface area (Å²) in [5.41, 5.74) is 8.37. The van der Waals surface area contributed by atoms with Gasteiger partial charge >= 0.3 is 0 Å². The Hall–Kier alpha value is -0.730. The Morgan fingerprint density at radius 1 is 1.50 bits per heavy atom. The van der Waals surface area contributed by atoms with E-state index >= 15 is 0 Å². The number of benzene rings is 1. The van der Waals surface area contributed by atoms with E-state index in [1.54, 1.807) is 0 Å². The van der Waals surface area contributed by atoms with E-state index in [-0.39, 0.29) is 0 Å². The molecule has 3 heteroatoms. The molecule has 1 atom stereocenters. The fourth-order valence-electron chi connectivity index (χ4n) is 1.98. The third-order valence-electron chi connectivity index (χ3n) is 2.72. The minimum atomic E-state index is 0.324. The van der Waals surface area contributed by atoms with Crippen molar-refractivity contribution >= 4 is 17.3 Å². The van der Waals surface area contributed by atoms with Gasteiger partial charge in [0.05, 0.1) is 0 Å². The summed E-state index contributed by atoms with van der Waals surface area (Å²) in [6.45, 7) is 4.11. The average molecular weight is 211 g/mol. The summed E-state index contributed by atoms with van der Waals surface area (Å²) >= 11 is 5.91. The molecule has 0 aromatic heterocycles. The van der Waals surface area contributed by atoms with Gasteiger partial charge in [0.2, 0.25) is 0 Å². The minimum Gasteiger partial charge on any atom is -0.370 e. The van der Waals surface area contributed by atoms with Crippen LogP contribution >= 0.6 is 11.6 Å². The summed E-state index contributed by atoms with van der Waals surface area (Å²) in [6.07, 6.45) is 1.09. The second-order valence-electron chi connectivity index (χ2n) is 3.93. The third-order valence-corrected chi connectivity index (χ3v) is 2.96. The summed E-state index contributed by atoms with van der Waals surface area (Å²) in [6, 6.07) is 6.34. The lowest BCUT2D eigenvalue weighted by Crippen LogP contribution is -2.26. The van der Waals surface area contributed by atoms with Gasteiger partial charge in [-0.1, -0.05) is 11.6 Å². The van der Waals surface area contributed by atoms with Crippen molar-refractivity contribution in [3.05, 3.63) is 28.8 Å². The first kappa shape index (κ1) is 9.81. The van der Waals surface area contributed by atoms with E-state index in [1.807, 2.05) is 12.1 Å². The van der Waals surface area contributed by atoms with Gasteiger partial charge in [0.25, 0.3) is 0 Å². The molecule has 76 valence electrons. The number of hydrogen-bond acceptors (Lipinski definition) is 2. The van der Waals surface area contributed by atoms with Crippen molar-refractivity contribution in [2.45, 2.75) is 19.4 Å². The molecule has 2 nitrogen and oxygen atoms in total. The topological polar surface area (TPSA) is 29.3 Å². The summed E-state index contributed by atoms with van der Waals surface area (Å²) < 4.78 is 0. The van der Waals surface area contributed by atoms with Crippen LogP contribution in [-0.4, -0.2) is 19.1 Å². The van der Waals surface area contributed by atoms with Crippen molar-refractivity contribution in [3.8, 4) is 0 Å². The van der Waals surface area contributed by atoms with Gasteiger partial charge in [0.1, 0.15) is 0 Å². The van der Waals surface area contributed by atoms with Crippen molar-refractivity contribution in [2.75, 3.05) is 18.0 Å². The molecule has 0 bridgehead atoms. The Morgan fingerprint density at radius 2 is 2.29 bits per heavy atom. The molecule has 1 aliphatic rings. The number of halogens is 1. The number of hydrogen-bond donors (Lipinski definition) is 1. The Labute approximate surface area is 89.7 Å². The van der Waals surface area contributed by atoms with Crippen LogP contribution in [0.4, 0.5) is 5.69 Å². The van der Waals surface area contributed by atoms with Crippen molar-refractivity contribution in [3.63, 3.8) is 0 Å². The van der Waals surface area contributed by atoms with Gasteiger partial charge < -0.3 is 10.6 Å². The predicted octanol–water partition coefficient (Wildman–Crippen LogP) is 2.19. The quantitative estimate of drug-likeness (QED) is 0.770. The van der Waals surface area contributed by atoms with Crippen LogP contribution in [0.2, 0.25) is 5.02 Å². The van der Waals surface area contributed by atoms with E-state index in [0.717, 1.165) is 24.5 Å². The van der Waals surface area contributed by atoms with Crippen LogP contribution in [0, 0.1) is 6.92 Å². The number of nitrogens with zero attached hydrogens (tertiary/aromatic N) is 1. The minimum absolute atomic E-state index is 0.324. The molecule has 0 radical (unpaired) electrons. The maximum absolute atomic E-state index is 5.91. The van der Waals surface area contributed by atoms with Gasteiger partial charge in [0, 0.05) is 29.8 Å². The first-order chi connectivity index (χ1) is 6.66. The highest BCUT2D eigenvalue weighted by Gasteiger charge is 2.20. The maximum atomic E-state index is 5.91. The van der Waals surface area contributed by atoms with E-state index in [1.165, 1.54) is 11.3 Å². The Morgan fingerprint density at radius 3 is 2.86 bits per heavy atom. The van der Waals surface area contributed by atoms with Crippen LogP contribution in [0.1, 0.15) is 12.0 Å². The van der Waals surface area contributed by atoms with Gasteiger partial charge in [-0.05, 0) is 37.1 Å². The number of anilines is 1. The Balaban J connectivity index is 2.24. The Kier molecular flexibility index (Phi) is 2.66. The van der Waals surface area contributed by atoms with E-state index in [4.69, 9.17) is 17.3 Å². The van der Waals surface area contributed by atoms with Gasteiger partial charge in [-0.15, -0.1) is 0 Å². The van der Waals surface area contributed by atoms with Crippen LogP contribution in [0.25, 0.3) is 0 Å². The standard InChI is InChI=1S/C11H15ClN2/c1-8-6-9(12)2-3-11(8)14-5-4-10(13)7-14/h2-3,6,10H,4-5,7,13H2,1H3. The van der Waals surface area contributed by atoms with Crippen molar-refractivity contribution in [1.82, 2.24) is 0 Å². The molecule has 1 aliphatic heterocycles. The van der Waals surface area contributed by atoms with Crippen LogP contribution in [-0.2, 0) is 0 Å². The largest absolute Gasteiger partial charge is 0.370 e. The summed E-state index contributed by atoms with van der Waals surface area (Å²) in [4.78, 5) is 2.33. The van der Waals surface area contributed by atoms with Crippen LogP contribution in [0.15, 0.2) is 18.2 Å². The van der Waals surface area contributed by atoms with Crippen LogP contribution in [0.3, 0.4) is 0 Å². The number of aryl methyl sites for hydroxylation is 1. The summed E-state index contributed by atoms with van der Waals surface area (Å²) in [5, 5.41) is 0.801. The second-order valence-corrected chi connectivity index (χ2v) is 4.36. The molecule has 2 N–H and O–H groups in total. The normalized spacial score (nSPS) is 21.6. The smallest absolute Gasteiger partial charge is 0.0410 e. The third kappa shape index (κ3) is 1.86. The highest BCUT2D eigenvalue weighted by atomic mass is 35.5. The number of nitrogens with two attached hydrogens (primary N) is 1. The molecule has 0 aliphatic carbocycles. The van der Waals surface area contributed by atoms with E-state index in [9.17, 15) is 0 Å². The van der Waals surface area contributed by atoms with Crippen molar-refractivity contribution in [1.29, 1.82) is 0 Å². The maximum Gasteiger partial charge on any atom is 0.0410 e. The summed E-state index contributed by atoms with van der Waals surface area (Å²) in [5.74, 6) is 0. The van der Waals surface area contributed by atoms with Crippen molar-refractivity contribution < 1.29 is 0 Å². The molecule has 2 rings (SSSR count). The molecule has 1 aromatic carbocycles. The zero-order chi connectivity index (χ0) is 10.1. The molecule has 0 saturated carbocycles. The molecule has 0 amide bonds.